The lowest BCUT2D eigenvalue weighted by Crippen LogP contribution is -2.17. The molecule has 0 saturated carbocycles. The highest BCUT2D eigenvalue weighted by Crippen LogP contribution is 2.12. The van der Waals surface area contributed by atoms with Crippen LogP contribution in [0.4, 0.5) is 8.78 Å². The van der Waals surface area contributed by atoms with Gasteiger partial charge in [-0.2, -0.15) is 0 Å². The quantitative estimate of drug-likeness (QED) is 0.651. The molecule has 1 rings (SSSR count). The van der Waals surface area contributed by atoms with Gasteiger partial charge in [-0.05, 0) is 44.4 Å². The molecular weight excluding hydrogens is 310 g/mol. The number of hydrogen-bond acceptors (Lipinski definition) is 3. The Balaban J connectivity index is 2.28. The third-order valence-corrected chi connectivity index (χ3v) is 5.78. The molecule has 1 aromatic rings. The molecule has 0 heterocycles. The molecule has 0 saturated heterocycles. The van der Waals surface area contributed by atoms with Crippen molar-refractivity contribution in [2.24, 2.45) is 0 Å². The van der Waals surface area contributed by atoms with E-state index in [4.69, 9.17) is 0 Å². The second-order valence-corrected chi connectivity index (χ2v) is 8.37. The van der Waals surface area contributed by atoms with E-state index in [2.05, 4.69) is 0 Å². The van der Waals surface area contributed by atoms with Gasteiger partial charge in [0.2, 0.25) is 0 Å². The van der Waals surface area contributed by atoms with Gasteiger partial charge >= 0.3 is 0 Å². The number of carbonyl (C=O) groups is 1. The van der Waals surface area contributed by atoms with Gasteiger partial charge in [0.1, 0.15) is 5.78 Å². The van der Waals surface area contributed by atoms with Crippen LogP contribution in [-0.2, 0) is 21.1 Å². The fourth-order valence-electron chi connectivity index (χ4n) is 2.00. The van der Waals surface area contributed by atoms with E-state index in [1.165, 1.54) is 6.07 Å². The van der Waals surface area contributed by atoms with Gasteiger partial charge < -0.3 is 0 Å². The van der Waals surface area contributed by atoms with Crippen molar-refractivity contribution in [1.29, 1.82) is 0 Å². The van der Waals surface area contributed by atoms with Crippen LogP contribution in [-0.4, -0.2) is 25.2 Å². The van der Waals surface area contributed by atoms with E-state index < -0.39 is 21.5 Å². The van der Waals surface area contributed by atoms with E-state index in [1.54, 1.807) is 13.8 Å². The molecule has 6 heteroatoms. The normalized spacial score (nSPS) is 11.9. The van der Waals surface area contributed by atoms with Crippen molar-refractivity contribution in [1.82, 2.24) is 0 Å². The van der Waals surface area contributed by atoms with Crippen LogP contribution in [0.3, 0.4) is 0 Å². The average molecular weight is 332 g/mol. The molecule has 0 aliphatic rings. The number of benzene rings is 1. The van der Waals surface area contributed by atoms with Gasteiger partial charge in [-0.1, -0.05) is 12.5 Å². The molecule has 0 unspecified atom stereocenters. The van der Waals surface area contributed by atoms with Crippen molar-refractivity contribution in [2.75, 3.05) is 5.75 Å². The Morgan fingerprint density at radius 2 is 1.77 bits per heavy atom. The summed E-state index contributed by atoms with van der Waals surface area (Å²) in [5, 5.41) is -0.373. The fraction of sp³-hybridized carbons (Fsp3) is 0.562. The zero-order valence-corrected chi connectivity index (χ0v) is 13.8. The minimum absolute atomic E-state index is 0.0577. The van der Waals surface area contributed by atoms with Gasteiger partial charge in [0, 0.05) is 12.8 Å². The van der Waals surface area contributed by atoms with E-state index in [0.717, 1.165) is 12.1 Å². The topological polar surface area (TPSA) is 51.2 Å². The smallest absolute Gasteiger partial charge is 0.159 e. The molecule has 0 amide bonds. The van der Waals surface area contributed by atoms with Crippen molar-refractivity contribution in [3.8, 4) is 0 Å². The summed E-state index contributed by atoms with van der Waals surface area (Å²) >= 11 is 0. The highest BCUT2D eigenvalue weighted by molar-refractivity contribution is 7.91. The van der Waals surface area contributed by atoms with Crippen LogP contribution in [0, 0.1) is 11.6 Å². The van der Waals surface area contributed by atoms with Crippen molar-refractivity contribution < 1.29 is 22.0 Å². The van der Waals surface area contributed by atoms with Crippen molar-refractivity contribution in [3.05, 3.63) is 35.4 Å². The first-order chi connectivity index (χ1) is 10.2. The van der Waals surface area contributed by atoms with Crippen LogP contribution in [0.1, 0.15) is 45.1 Å². The van der Waals surface area contributed by atoms with E-state index in [0.29, 0.717) is 31.2 Å². The summed E-state index contributed by atoms with van der Waals surface area (Å²) in [6.45, 7) is 3.31. The van der Waals surface area contributed by atoms with Crippen LogP contribution in [0.5, 0.6) is 0 Å². The molecule has 0 atom stereocenters. The molecule has 0 fully saturated rings. The maximum atomic E-state index is 13.0. The first-order valence-corrected chi connectivity index (χ1v) is 9.11. The molecule has 22 heavy (non-hydrogen) atoms. The number of Topliss-reactive ketones (excluding diaryl/α,β-unsaturated/α-hetero) is 1. The van der Waals surface area contributed by atoms with E-state index in [1.807, 2.05) is 0 Å². The molecule has 0 bridgehead atoms. The molecule has 0 aliphatic heterocycles. The van der Waals surface area contributed by atoms with Crippen LogP contribution < -0.4 is 0 Å². The highest BCUT2D eigenvalue weighted by atomic mass is 32.2. The third kappa shape index (κ3) is 6.22. The monoisotopic (exact) mass is 332 g/mol. The summed E-state index contributed by atoms with van der Waals surface area (Å²) in [4.78, 5) is 11.7. The van der Waals surface area contributed by atoms with Crippen LogP contribution >= 0.6 is 0 Å². The Morgan fingerprint density at radius 3 is 2.36 bits per heavy atom. The number of ketones is 1. The third-order valence-electron chi connectivity index (χ3n) is 3.49. The zero-order valence-electron chi connectivity index (χ0n) is 12.9. The molecular formula is C16H22F2O3S. The number of halogens is 2. The first kappa shape index (κ1) is 18.7. The number of unbranched alkanes of at least 4 members (excludes halogenated alkanes) is 2. The van der Waals surface area contributed by atoms with Gasteiger partial charge in [-0.25, -0.2) is 17.2 Å². The predicted molar refractivity (Wildman–Crippen MR) is 82.5 cm³/mol. The minimum atomic E-state index is -3.02. The lowest BCUT2D eigenvalue weighted by atomic mass is 10.0. The summed E-state index contributed by atoms with van der Waals surface area (Å²) < 4.78 is 49.0. The second-order valence-electron chi connectivity index (χ2n) is 5.69. The summed E-state index contributed by atoms with van der Waals surface area (Å²) in [5.74, 6) is -1.80. The zero-order chi connectivity index (χ0) is 16.8. The standard InChI is InChI=1S/C16H22F2O3S/c1-12(2)22(20,21)9-5-3-4-6-14(19)10-13-7-8-15(17)16(18)11-13/h7-8,11-12H,3-6,9-10H2,1-2H3. The Labute approximate surface area is 130 Å². The summed E-state index contributed by atoms with van der Waals surface area (Å²) in [6.07, 6.45) is 2.20. The van der Waals surface area contributed by atoms with E-state index in [9.17, 15) is 22.0 Å². The molecule has 3 nitrogen and oxygen atoms in total. The molecule has 0 aromatic heterocycles. The average Bonchev–Trinajstić information content (AvgIpc) is 2.42. The van der Waals surface area contributed by atoms with Crippen LogP contribution in [0.25, 0.3) is 0 Å². The SMILES string of the molecule is CC(C)S(=O)(=O)CCCCCC(=O)Cc1ccc(F)c(F)c1. The highest BCUT2D eigenvalue weighted by Gasteiger charge is 2.15. The van der Waals surface area contributed by atoms with Gasteiger partial charge in [0.15, 0.2) is 21.5 Å². The Kier molecular flexibility index (Phi) is 7.13. The van der Waals surface area contributed by atoms with Crippen LogP contribution in [0.15, 0.2) is 18.2 Å². The van der Waals surface area contributed by atoms with E-state index in [-0.39, 0.29) is 23.2 Å². The molecule has 0 radical (unpaired) electrons. The minimum Gasteiger partial charge on any atom is -0.299 e. The maximum absolute atomic E-state index is 13.0. The molecule has 0 aliphatic carbocycles. The molecule has 124 valence electrons. The summed E-state index contributed by atoms with van der Waals surface area (Å²) in [7, 11) is -3.02. The van der Waals surface area contributed by atoms with E-state index >= 15 is 0 Å². The number of sulfone groups is 1. The largest absolute Gasteiger partial charge is 0.299 e. The lowest BCUT2D eigenvalue weighted by molar-refractivity contribution is -0.118. The second kappa shape index (κ2) is 8.36. The predicted octanol–water partition coefficient (Wildman–Crippen LogP) is 3.46. The Hall–Kier alpha value is -1.30. The Morgan fingerprint density at radius 1 is 1.09 bits per heavy atom. The van der Waals surface area contributed by atoms with Gasteiger partial charge in [-0.15, -0.1) is 0 Å². The first-order valence-electron chi connectivity index (χ1n) is 7.39. The fourth-order valence-corrected chi connectivity index (χ4v) is 3.08. The van der Waals surface area contributed by atoms with Crippen LogP contribution in [0.2, 0.25) is 0 Å². The summed E-state index contributed by atoms with van der Waals surface area (Å²) in [5.41, 5.74) is 0.450. The van der Waals surface area contributed by atoms with Gasteiger partial charge in [-0.3, -0.25) is 4.79 Å². The summed E-state index contributed by atoms with van der Waals surface area (Å²) in [6, 6.07) is 3.43. The Bertz CT molecular complexity index is 610. The molecule has 0 spiro atoms. The maximum Gasteiger partial charge on any atom is 0.159 e. The lowest BCUT2D eigenvalue weighted by Gasteiger charge is -2.07. The van der Waals surface area contributed by atoms with Gasteiger partial charge in [0.05, 0.1) is 11.0 Å². The van der Waals surface area contributed by atoms with Gasteiger partial charge in [0.25, 0.3) is 0 Å². The molecule has 0 N–H and O–H groups in total. The van der Waals surface area contributed by atoms with Crippen molar-refractivity contribution in [2.45, 2.75) is 51.2 Å². The number of rotatable bonds is 9. The van der Waals surface area contributed by atoms with Crippen molar-refractivity contribution in [3.63, 3.8) is 0 Å². The molecule has 1 aromatic carbocycles. The van der Waals surface area contributed by atoms with Crippen molar-refractivity contribution >= 4 is 15.6 Å². The number of carbonyl (C=O) groups excluding carboxylic acids is 1. The number of hydrogen-bond donors (Lipinski definition) is 0.